The smallest absolute Gasteiger partial charge is 0.225 e. The second kappa shape index (κ2) is 4.30. The number of carbonyl (C=O) groups is 1. The molecule has 2 aromatic carbocycles. The lowest BCUT2D eigenvalue weighted by Gasteiger charge is -2.27. The highest BCUT2D eigenvalue weighted by Crippen LogP contribution is 2.28. The summed E-state index contributed by atoms with van der Waals surface area (Å²) in [6.45, 7) is 2.07. The van der Waals surface area contributed by atoms with Crippen molar-refractivity contribution in [3.8, 4) is 0 Å². The topological polar surface area (TPSA) is 29.1 Å². The molecule has 1 heterocycles. The van der Waals surface area contributed by atoms with Gasteiger partial charge in [-0.15, -0.1) is 0 Å². The summed E-state index contributed by atoms with van der Waals surface area (Å²) in [5.74, 6) is 0.0966. The first kappa shape index (κ1) is 11.0. The molecule has 1 amide bonds. The summed E-state index contributed by atoms with van der Waals surface area (Å²) in [5, 5.41) is 3.07. The third-order valence-electron chi connectivity index (χ3n) is 3.43. The summed E-state index contributed by atoms with van der Waals surface area (Å²) in [4.78, 5) is 11.8. The SMILES string of the molecule is Cc1ccc([C@@H]2NC(=O)Cc3ccccc32)cc1. The molecule has 0 saturated heterocycles. The molecule has 0 spiro atoms. The van der Waals surface area contributed by atoms with Gasteiger partial charge in [0.2, 0.25) is 5.91 Å². The monoisotopic (exact) mass is 237 g/mol. The first-order chi connectivity index (χ1) is 8.74. The van der Waals surface area contributed by atoms with Gasteiger partial charge in [-0.25, -0.2) is 0 Å². The van der Waals surface area contributed by atoms with Crippen molar-refractivity contribution in [1.29, 1.82) is 0 Å². The molecule has 3 rings (SSSR count). The van der Waals surface area contributed by atoms with Crippen LogP contribution in [0.1, 0.15) is 28.3 Å². The molecule has 0 aliphatic carbocycles. The molecular weight excluding hydrogens is 222 g/mol. The van der Waals surface area contributed by atoms with Gasteiger partial charge < -0.3 is 5.32 Å². The van der Waals surface area contributed by atoms with Gasteiger partial charge >= 0.3 is 0 Å². The van der Waals surface area contributed by atoms with Gasteiger partial charge in [-0.3, -0.25) is 4.79 Å². The Morgan fingerprint density at radius 1 is 1.06 bits per heavy atom. The molecule has 2 nitrogen and oxygen atoms in total. The molecule has 2 aromatic rings. The molecule has 18 heavy (non-hydrogen) atoms. The lowest BCUT2D eigenvalue weighted by atomic mass is 9.89. The maximum absolute atomic E-state index is 11.8. The van der Waals surface area contributed by atoms with Crippen LogP contribution in [0.15, 0.2) is 48.5 Å². The molecule has 0 unspecified atom stereocenters. The number of rotatable bonds is 1. The summed E-state index contributed by atoms with van der Waals surface area (Å²) in [6.07, 6.45) is 0.485. The van der Waals surface area contributed by atoms with Gasteiger partial charge in [-0.2, -0.15) is 0 Å². The summed E-state index contributed by atoms with van der Waals surface area (Å²) in [5.41, 5.74) is 4.71. The normalized spacial score (nSPS) is 18.1. The average Bonchev–Trinajstić information content (AvgIpc) is 2.38. The van der Waals surface area contributed by atoms with Crippen molar-refractivity contribution in [3.63, 3.8) is 0 Å². The molecule has 1 atom stereocenters. The van der Waals surface area contributed by atoms with Crippen LogP contribution in [0, 0.1) is 6.92 Å². The van der Waals surface area contributed by atoms with E-state index in [1.54, 1.807) is 0 Å². The Hall–Kier alpha value is -2.09. The minimum Gasteiger partial charge on any atom is -0.345 e. The molecule has 0 radical (unpaired) electrons. The third kappa shape index (κ3) is 1.90. The molecule has 1 aliphatic heterocycles. The van der Waals surface area contributed by atoms with Crippen LogP contribution in [0.5, 0.6) is 0 Å². The number of fused-ring (bicyclic) bond motifs is 1. The Morgan fingerprint density at radius 3 is 2.56 bits per heavy atom. The average molecular weight is 237 g/mol. The van der Waals surface area contributed by atoms with Gasteiger partial charge in [0.1, 0.15) is 0 Å². The van der Waals surface area contributed by atoms with Crippen molar-refractivity contribution >= 4 is 5.91 Å². The van der Waals surface area contributed by atoms with E-state index in [0.717, 1.165) is 11.1 Å². The van der Waals surface area contributed by atoms with E-state index in [2.05, 4.69) is 42.6 Å². The zero-order valence-electron chi connectivity index (χ0n) is 10.3. The van der Waals surface area contributed by atoms with Crippen LogP contribution < -0.4 is 5.32 Å². The molecule has 0 saturated carbocycles. The van der Waals surface area contributed by atoms with E-state index in [1.807, 2.05) is 18.2 Å². The van der Waals surface area contributed by atoms with E-state index < -0.39 is 0 Å². The van der Waals surface area contributed by atoms with Crippen molar-refractivity contribution in [2.45, 2.75) is 19.4 Å². The van der Waals surface area contributed by atoms with Crippen LogP contribution in [0.2, 0.25) is 0 Å². The Kier molecular flexibility index (Phi) is 2.63. The van der Waals surface area contributed by atoms with E-state index in [-0.39, 0.29) is 11.9 Å². The van der Waals surface area contributed by atoms with E-state index in [9.17, 15) is 4.79 Å². The standard InChI is InChI=1S/C16H15NO/c1-11-6-8-12(9-7-11)16-14-5-3-2-4-13(14)10-15(18)17-16/h2-9,16H,10H2,1H3,(H,17,18)/t16-/m0/s1. The van der Waals surface area contributed by atoms with Crippen LogP contribution in [-0.4, -0.2) is 5.91 Å². The van der Waals surface area contributed by atoms with E-state index in [4.69, 9.17) is 0 Å². The van der Waals surface area contributed by atoms with Crippen molar-refractivity contribution in [1.82, 2.24) is 5.32 Å². The molecule has 1 aliphatic rings. The van der Waals surface area contributed by atoms with Gasteiger partial charge in [0.15, 0.2) is 0 Å². The highest BCUT2D eigenvalue weighted by atomic mass is 16.1. The predicted molar refractivity (Wildman–Crippen MR) is 71.3 cm³/mol. The predicted octanol–water partition coefficient (Wildman–Crippen LogP) is 2.76. The van der Waals surface area contributed by atoms with Crippen molar-refractivity contribution in [2.24, 2.45) is 0 Å². The number of nitrogens with one attached hydrogen (secondary N) is 1. The van der Waals surface area contributed by atoms with Gasteiger partial charge in [-0.05, 0) is 23.6 Å². The molecule has 0 fully saturated rings. The van der Waals surface area contributed by atoms with Crippen LogP contribution in [0.3, 0.4) is 0 Å². The summed E-state index contributed by atoms with van der Waals surface area (Å²) < 4.78 is 0. The fourth-order valence-electron chi connectivity index (χ4n) is 2.46. The zero-order valence-corrected chi connectivity index (χ0v) is 10.3. The van der Waals surface area contributed by atoms with Gasteiger partial charge in [0, 0.05) is 0 Å². The molecule has 1 N–H and O–H groups in total. The van der Waals surface area contributed by atoms with Gasteiger partial charge in [0.05, 0.1) is 12.5 Å². The van der Waals surface area contributed by atoms with Gasteiger partial charge in [-0.1, -0.05) is 54.1 Å². The minimum atomic E-state index is -0.0111. The number of hydrogen-bond acceptors (Lipinski definition) is 1. The first-order valence-electron chi connectivity index (χ1n) is 6.18. The van der Waals surface area contributed by atoms with Gasteiger partial charge in [0.25, 0.3) is 0 Å². The van der Waals surface area contributed by atoms with Crippen LogP contribution in [-0.2, 0) is 11.2 Å². The number of aryl methyl sites for hydroxylation is 1. The fourth-order valence-corrected chi connectivity index (χ4v) is 2.46. The summed E-state index contributed by atoms with van der Waals surface area (Å²) >= 11 is 0. The Labute approximate surface area is 107 Å². The quantitative estimate of drug-likeness (QED) is 0.811. The largest absolute Gasteiger partial charge is 0.345 e. The van der Waals surface area contributed by atoms with E-state index in [1.165, 1.54) is 11.1 Å². The first-order valence-corrected chi connectivity index (χ1v) is 6.18. The van der Waals surface area contributed by atoms with Crippen molar-refractivity contribution in [2.75, 3.05) is 0 Å². The van der Waals surface area contributed by atoms with Crippen LogP contribution >= 0.6 is 0 Å². The second-order valence-electron chi connectivity index (χ2n) is 4.79. The Morgan fingerprint density at radius 2 is 1.78 bits per heavy atom. The number of hydrogen-bond donors (Lipinski definition) is 1. The van der Waals surface area contributed by atoms with Crippen molar-refractivity contribution in [3.05, 3.63) is 70.8 Å². The Bertz CT molecular complexity index is 586. The minimum absolute atomic E-state index is 0.0111. The lowest BCUT2D eigenvalue weighted by molar-refractivity contribution is -0.121. The number of amides is 1. The zero-order chi connectivity index (χ0) is 12.5. The summed E-state index contributed by atoms with van der Waals surface area (Å²) in [7, 11) is 0. The summed E-state index contributed by atoms with van der Waals surface area (Å²) in [6, 6.07) is 16.5. The lowest BCUT2D eigenvalue weighted by Crippen LogP contribution is -2.35. The maximum atomic E-state index is 11.8. The van der Waals surface area contributed by atoms with Crippen molar-refractivity contribution < 1.29 is 4.79 Å². The molecular formula is C16H15NO. The number of benzene rings is 2. The maximum Gasteiger partial charge on any atom is 0.225 e. The third-order valence-corrected chi connectivity index (χ3v) is 3.43. The fraction of sp³-hybridized carbons (Fsp3) is 0.188. The molecule has 2 heteroatoms. The highest BCUT2D eigenvalue weighted by molar-refractivity contribution is 5.82. The second-order valence-corrected chi connectivity index (χ2v) is 4.79. The molecule has 0 bridgehead atoms. The molecule has 0 aromatic heterocycles. The molecule has 90 valence electrons. The van der Waals surface area contributed by atoms with E-state index in [0.29, 0.717) is 6.42 Å². The number of carbonyl (C=O) groups excluding carboxylic acids is 1. The van der Waals surface area contributed by atoms with E-state index >= 15 is 0 Å². The Balaban J connectivity index is 2.07. The van der Waals surface area contributed by atoms with Crippen LogP contribution in [0.4, 0.5) is 0 Å². The highest BCUT2D eigenvalue weighted by Gasteiger charge is 2.24. The van der Waals surface area contributed by atoms with Crippen LogP contribution in [0.25, 0.3) is 0 Å².